The Balaban J connectivity index is 1.12. The molecule has 7 heteroatoms. The first-order valence-electron chi connectivity index (χ1n) is 15.5. The van der Waals surface area contributed by atoms with Crippen LogP contribution in [0.2, 0.25) is 0 Å². The van der Waals surface area contributed by atoms with Gasteiger partial charge in [0.2, 0.25) is 11.6 Å². The Hall–Kier alpha value is -5.74. The summed E-state index contributed by atoms with van der Waals surface area (Å²) in [4.78, 5) is 51.1. The third-order valence-electron chi connectivity index (χ3n) is 8.00. The summed E-state index contributed by atoms with van der Waals surface area (Å²) < 4.78 is 5.22. The predicted octanol–water partition coefficient (Wildman–Crippen LogP) is 6.37. The number of hydrogen-bond donors (Lipinski definition) is 2. The molecule has 0 spiro atoms. The van der Waals surface area contributed by atoms with E-state index in [0.29, 0.717) is 46.7 Å². The summed E-state index contributed by atoms with van der Waals surface area (Å²) in [5.74, 6) is 5.97. The van der Waals surface area contributed by atoms with Gasteiger partial charge in [0.15, 0.2) is 11.6 Å². The van der Waals surface area contributed by atoms with Crippen molar-refractivity contribution >= 4 is 23.1 Å². The molecule has 0 amide bonds. The number of methoxy groups -OCH3 is 1. The van der Waals surface area contributed by atoms with Gasteiger partial charge in [0.05, 0.1) is 25.0 Å². The Morgan fingerprint density at radius 3 is 2.21 bits per heavy atom. The Kier molecular flexibility index (Phi) is 10.4. The number of ketones is 4. The predicted molar refractivity (Wildman–Crippen MR) is 183 cm³/mol. The topological polar surface area (TPSA) is 102 Å². The first-order valence-corrected chi connectivity index (χ1v) is 15.5. The van der Waals surface area contributed by atoms with Crippen molar-refractivity contribution < 1.29 is 23.9 Å². The average Bonchev–Trinajstić information content (AvgIpc) is 3.07. The molecule has 2 N–H and O–H groups in total. The number of fused-ring (bicyclic) bond motifs is 2. The normalized spacial score (nSPS) is 14.4. The highest BCUT2D eigenvalue weighted by atomic mass is 16.5. The molecule has 0 saturated carbocycles. The van der Waals surface area contributed by atoms with E-state index < -0.39 is 0 Å². The zero-order valence-corrected chi connectivity index (χ0v) is 26.7. The van der Waals surface area contributed by atoms with Crippen molar-refractivity contribution in [2.75, 3.05) is 20.2 Å². The van der Waals surface area contributed by atoms with Gasteiger partial charge in [-0.1, -0.05) is 77.6 Å². The van der Waals surface area contributed by atoms with Gasteiger partial charge in [0.25, 0.3) is 0 Å². The Morgan fingerprint density at radius 2 is 1.45 bits per heavy atom. The fourth-order valence-corrected chi connectivity index (χ4v) is 5.47. The molecule has 0 unspecified atom stereocenters. The van der Waals surface area contributed by atoms with Crippen LogP contribution in [0.15, 0.2) is 114 Å². The van der Waals surface area contributed by atoms with Crippen LogP contribution in [-0.4, -0.2) is 43.3 Å². The van der Waals surface area contributed by atoms with E-state index in [2.05, 4.69) is 35.5 Å². The highest BCUT2D eigenvalue weighted by molar-refractivity contribution is 6.25. The van der Waals surface area contributed by atoms with E-state index in [1.54, 1.807) is 37.4 Å². The van der Waals surface area contributed by atoms with Crippen molar-refractivity contribution in [1.29, 1.82) is 0 Å². The van der Waals surface area contributed by atoms with Crippen LogP contribution in [0, 0.1) is 11.8 Å². The molecule has 2 aliphatic carbocycles. The van der Waals surface area contributed by atoms with Gasteiger partial charge >= 0.3 is 0 Å². The molecule has 0 radical (unpaired) electrons. The van der Waals surface area contributed by atoms with E-state index >= 15 is 0 Å². The van der Waals surface area contributed by atoms with E-state index in [0.717, 1.165) is 35.1 Å². The number of benzene rings is 3. The summed E-state index contributed by atoms with van der Waals surface area (Å²) in [7, 11) is 1.60. The van der Waals surface area contributed by atoms with Crippen molar-refractivity contribution in [3.05, 3.63) is 147 Å². The van der Waals surface area contributed by atoms with Crippen LogP contribution in [0.3, 0.4) is 0 Å². The number of allylic oxidation sites excluding steroid dienone is 7. The fraction of sp³-hybridized carbons (Fsp3) is 0.200. The minimum Gasteiger partial charge on any atom is -0.497 e. The highest BCUT2D eigenvalue weighted by Gasteiger charge is 2.26. The second kappa shape index (κ2) is 15.0. The molecule has 3 aromatic rings. The van der Waals surface area contributed by atoms with Crippen LogP contribution >= 0.6 is 0 Å². The molecule has 7 nitrogen and oxygen atoms in total. The van der Waals surface area contributed by atoms with Crippen molar-refractivity contribution in [3.63, 3.8) is 0 Å². The van der Waals surface area contributed by atoms with Crippen LogP contribution in [-0.2, 0) is 6.42 Å². The molecule has 3 aromatic carbocycles. The molecule has 2 aliphatic rings. The lowest BCUT2D eigenvalue weighted by Crippen LogP contribution is -2.27. The molecule has 236 valence electrons. The van der Waals surface area contributed by atoms with Gasteiger partial charge in [-0.2, -0.15) is 0 Å². The summed E-state index contributed by atoms with van der Waals surface area (Å²) >= 11 is 0. The molecule has 0 saturated heterocycles. The summed E-state index contributed by atoms with van der Waals surface area (Å²) in [5, 5.41) is 6.10. The summed E-state index contributed by atoms with van der Waals surface area (Å²) in [6, 6.07) is 19.7. The summed E-state index contributed by atoms with van der Waals surface area (Å²) in [6.45, 7) is 4.76. The van der Waals surface area contributed by atoms with Crippen LogP contribution in [0.1, 0.15) is 79.2 Å². The van der Waals surface area contributed by atoms with Gasteiger partial charge in [-0.15, -0.1) is 0 Å². The zero-order chi connectivity index (χ0) is 33.3. The lowest BCUT2D eigenvalue weighted by molar-refractivity contribution is 0.0978. The monoisotopic (exact) mass is 624 g/mol. The number of carbonyl (C=O) groups is 4. The fourth-order valence-electron chi connectivity index (χ4n) is 5.47. The minimum absolute atomic E-state index is 0.168. The van der Waals surface area contributed by atoms with E-state index in [9.17, 15) is 19.2 Å². The van der Waals surface area contributed by atoms with Gasteiger partial charge < -0.3 is 15.4 Å². The summed E-state index contributed by atoms with van der Waals surface area (Å²) in [6.07, 6.45) is 9.24. The highest BCUT2D eigenvalue weighted by Crippen LogP contribution is 2.24. The smallest absolute Gasteiger partial charge is 0.209 e. The second-order valence-corrected chi connectivity index (χ2v) is 11.5. The Bertz CT molecular complexity index is 1950. The molecule has 0 aliphatic heterocycles. The maximum absolute atomic E-state index is 13.3. The molecule has 0 fully saturated rings. The second-order valence-electron chi connectivity index (χ2n) is 11.5. The molecule has 0 aromatic heterocycles. The molecule has 5 rings (SSSR count). The third kappa shape index (κ3) is 8.11. The van der Waals surface area contributed by atoms with E-state index in [1.165, 1.54) is 12.2 Å². The molecule has 0 atom stereocenters. The van der Waals surface area contributed by atoms with Crippen molar-refractivity contribution in [2.45, 2.75) is 33.1 Å². The van der Waals surface area contributed by atoms with Crippen LogP contribution in [0.5, 0.6) is 5.75 Å². The van der Waals surface area contributed by atoms with Crippen LogP contribution in [0.25, 0.3) is 0 Å². The number of rotatable bonds is 11. The number of carbonyl (C=O) groups excluding carboxylic acids is 4. The lowest BCUT2D eigenvalue weighted by Gasteiger charge is -2.17. The van der Waals surface area contributed by atoms with E-state index in [-0.39, 0.29) is 35.4 Å². The maximum atomic E-state index is 13.3. The lowest BCUT2D eigenvalue weighted by atomic mass is 9.89. The van der Waals surface area contributed by atoms with Crippen LogP contribution < -0.4 is 15.4 Å². The standard InChI is InChI=1S/C40H36N2O5/c1-26(18-20-42-35-24-37(43)31-14-4-5-15-33(31)39(35)45)9-6-10-27(2)21-29-16-17-32-34(23-29)40(46)36(25-38(32)44)41-19-8-12-28-11-7-13-30(22-28)47-3/h4-5,7,10-11,13-18,22-25,41-42H,6,9,19-21H2,1-3H3/b26-18+,27-10+. The van der Waals surface area contributed by atoms with Gasteiger partial charge in [-0.05, 0) is 62.9 Å². The third-order valence-corrected chi connectivity index (χ3v) is 8.00. The first-order chi connectivity index (χ1) is 22.7. The largest absolute Gasteiger partial charge is 0.497 e. The van der Waals surface area contributed by atoms with E-state index in [4.69, 9.17) is 4.74 Å². The van der Waals surface area contributed by atoms with Crippen LogP contribution in [0.4, 0.5) is 0 Å². The zero-order valence-electron chi connectivity index (χ0n) is 26.7. The summed E-state index contributed by atoms with van der Waals surface area (Å²) in [5.41, 5.74) is 6.29. The van der Waals surface area contributed by atoms with Gasteiger partial charge in [-0.3, -0.25) is 19.2 Å². The number of ether oxygens (including phenoxy) is 1. The number of hydrogen-bond acceptors (Lipinski definition) is 7. The molecular formula is C40H36N2O5. The van der Waals surface area contributed by atoms with Crippen molar-refractivity contribution in [3.8, 4) is 17.6 Å². The van der Waals surface area contributed by atoms with Gasteiger partial charge in [0, 0.05) is 46.5 Å². The molecular weight excluding hydrogens is 588 g/mol. The average molecular weight is 625 g/mol. The number of nitrogens with one attached hydrogen (secondary N) is 2. The quantitative estimate of drug-likeness (QED) is 0.189. The SMILES string of the molecule is COc1cccc(C#CCNC2=CC(=O)c3ccc(C/C(C)=C/CC/C(C)=C/CNC4=CC(=O)c5ccccc5C4=O)cc3C2=O)c1. The van der Waals surface area contributed by atoms with Crippen molar-refractivity contribution in [1.82, 2.24) is 10.6 Å². The number of Topliss-reactive ketones (excluding diaryl/α,β-unsaturated/α-hetero) is 2. The van der Waals surface area contributed by atoms with E-state index in [1.807, 2.05) is 49.4 Å². The molecule has 0 heterocycles. The molecule has 0 bridgehead atoms. The molecule has 47 heavy (non-hydrogen) atoms. The first kappa shape index (κ1) is 32.6. The maximum Gasteiger partial charge on any atom is 0.209 e. The van der Waals surface area contributed by atoms with Crippen molar-refractivity contribution in [2.24, 2.45) is 0 Å². The Morgan fingerprint density at radius 1 is 0.745 bits per heavy atom. The minimum atomic E-state index is -0.222. The Labute approximate surface area is 275 Å². The van der Waals surface area contributed by atoms with Gasteiger partial charge in [0.1, 0.15) is 5.75 Å². The van der Waals surface area contributed by atoms with Gasteiger partial charge in [-0.25, -0.2) is 0 Å².